The number of furan rings is 1. The number of carboxylic acid groups (broad SMARTS) is 1. The number of ether oxygens (including phenoxy) is 1. The summed E-state index contributed by atoms with van der Waals surface area (Å²) in [7, 11) is 0. The number of nitrogens with one attached hydrogen (secondary N) is 1. The number of amides is 2. The second-order valence-electron chi connectivity index (χ2n) is 8.18. The molecule has 0 spiro atoms. The van der Waals surface area contributed by atoms with Crippen LogP contribution in [0.1, 0.15) is 27.9 Å². The van der Waals surface area contributed by atoms with Crippen LogP contribution in [0.15, 0.2) is 65.3 Å². The Morgan fingerprint density at radius 2 is 1.81 bits per heavy atom. The fourth-order valence-electron chi connectivity index (χ4n) is 3.96. The fraction of sp³-hybridized carbons (Fsp3) is 0.148. The number of hydrogen-bond donors (Lipinski definition) is 3. The number of fused-ring (bicyclic) bond motifs is 1. The number of primary amides is 1. The first-order valence-electron chi connectivity index (χ1n) is 11.2. The maximum Gasteiger partial charge on any atom is 0.322 e. The SMILES string of the molecule is NC(=O)CCc1c(COc2ccc(-c3cc(F)c(F)c4ccoc34)cc2)cccc1C(=O)NCC(=O)O. The minimum Gasteiger partial charge on any atom is -0.489 e. The van der Waals surface area contributed by atoms with Crippen molar-refractivity contribution in [2.24, 2.45) is 5.73 Å². The van der Waals surface area contributed by atoms with Gasteiger partial charge in [-0.05, 0) is 53.4 Å². The molecule has 0 aliphatic rings. The molecule has 10 heteroatoms. The van der Waals surface area contributed by atoms with Crippen LogP contribution >= 0.6 is 0 Å². The van der Waals surface area contributed by atoms with E-state index in [-0.39, 0.29) is 36.0 Å². The first kappa shape index (κ1) is 25.4. The first-order valence-corrected chi connectivity index (χ1v) is 11.2. The highest BCUT2D eigenvalue weighted by Crippen LogP contribution is 2.33. The number of halogens is 2. The second-order valence-corrected chi connectivity index (χ2v) is 8.18. The topological polar surface area (TPSA) is 132 Å². The predicted octanol–water partition coefficient (Wildman–Crippen LogP) is 4.19. The summed E-state index contributed by atoms with van der Waals surface area (Å²) in [4.78, 5) is 34.7. The summed E-state index contributed by atoms with van der Waals surface area (Å²) in [5.74, 6) is -3.83. The number of hydrogen-bond acceptors (Lipinski definition) is 5. The molecule has 37 heavy (non-hydrogen) atoms. The minimum atomic E-state index is -1.19. The Kier molecular flexibility index (Phi) is 7.47. The number of rotatable bonds is 10. The van der Waals surface area contributed by atoms with Crippen molar-refractivity contribution in [1.82, 2.24) is 5.32 Å². The molecule has 0 fully saturated rings. The molecular formula is C27H22F2N2O6. The van der Waals surface area contributed by atoms with Gasteiger partial charge in [0, 0.05) is 17.5 Å². The zero-order valence-electron chi connectivity index (χ0n) is 19.4. The Hall–Kier alpha value is -4.73. The Morgan fingerprint density at radius 3 is 2.51 bits per heavy atom. The van der Waals surface area contributed by atoms with Crippen molar-refractivity contribution in [3.63, 3.8) is 0 Å². The van der Waals surface area contributed by atoms with Gasteiger partial charge in [0.25, 0.3) is 5.91 Å². The lowest BCUT2D eigenvalue weighted by molar-refractivity contribution is -0.135. The number of nitrogens with two attached hydrogens (primary N) is 1. The standard InChI is InChI=1S/C27H22F2N2O6/c28-22-12-21(26-20(25(22)29)10-11-36-26)15-4-6-17(7-5-15)37-14-16-2-1-3-19(18(16)8-9-23(30)32)27(35)31-13-24(33)34/h1-7,10-12H,8-9,13-14H2,(H2,30,32)(H,31,35)(H,33,34). The fourth-order valence-corrected chi connectivity index (χ4v) is 3.96. The molecule has 0 bridgehead atoms. The number of carboxylic acids is 1. The first-order chi connectivity index (χ1) is 17.7. The van der Waals surface area contributed by atoms with Crippen molar-refractivity contribution in [2.75, 3.05) is 6.54 Å². The molecule has 0 saturated carbocycles. The van der Waals surface area contributed by atoms with E-state index in [2.05, 4.69) is 5.32 Å². The number of carbonyl (C=O) groups is 3. The zero-order valence-corrected chi connectivity index (χ0v) is 19.4. The third-order valence-electron chi connectivity index (χ3n) is 5.73. The Balaban J connectivity index is 1.55. The van der Waals surface area contributed by atoms with Gasteiger partial charge in [-0.3, -0.25) is 14.4 Å². The summed E-state index contributed by atoms with van der Waals surface area (Å²) < 4.78 is 39.3. The van der Waals surface area contributed by atoms with Crippen molar-refractivity contribution >= 4 is 28.8 Å². The molecule has 3 aromatic carbocycles. The van der Waals surface area contributed by atoms with Crippen LogP contribution in [0.2, 0.25) is 0 Å². The van der Waals surface area contributed by atoms with Gasteiger partial charge in [-0.15, -0.1) is 0 Å². The van der Waals surface area contributed by atoms with E-state index in [1.165, 1.54) is 18.4 Å². The molecule has 1 heterocycles. The normalized spacial score (nSPS) is 10.9. The number of benzene rings is 3. The molecule has 0 aliphatic carbocycles. The van der Waals surface area contributed by atoms with E-state index in [1.54, 1.807) is 36.4 Å². The lowest BCUT2D eigenvalue weighted by Gasteiger charge is -2.15. The van der Waals surface area contributed by atoms with Crippen molar-refractivity contribution in [1.29, 1.82) is 0 Å². The third kappa shape index (κ3) is 5.75. The molecule has 0 atom stereocenters. The van der Waals surface area contributed by atoms with Gasteiger partial charge in [0.15, 0.2) is 11.6 Å². The quantitative estimate of drug-likeness (QED) is 0.294. The van der Waals surface area contributed by atoms with Crippen LogP contribution in [0.25, 0.3) is 22.1 Å². The monoisotopic (exact) mass is 508 g/mol. The Labute approximate surface area is 209 Å². The highest BCUT2D eigenvalue weighted by molar-refractivity contribution is 5.97. The lowest BCUT2D eigenvalue weighted by atomic mass is 9.96. The van der Waals surface area contributed by atoms with Gasteiger partial charge in [-0.2, -0.15) is 0 Å². The van der Waals surface area contributed by atoms with Gasteiger partial charge in [-0.25, -0.2) is 8.78 Å². The molecule has 4 aromatic rings. The summed E-state index contributed by atoms with van der Waals surface area (Å²) in [6.07, 6.45) is 1.44. The zero-order chi connectivity index (χ0) is 26.5. The average molecular weight is 508 g/mol. The molecule has 190 valence electrons. The van der Waals surface area contributed by atoms with Crippen molar-refractivity contribution in [3.05, 3.63) is 89.2 Å². The summed E-state index contributed by atoms with van der Waals surface area (Å²) in [6, 6.07) is 14.0. The number of carbonyl (C=O) groups excluding carboxylic acids is 2. The average Bonchev–Trinajstić information content (AvgIpc) is 3.37. The van der Waals surface area contributed by atoms with E-state index in [4.69, 9.17) is 20.0 Å². The van der Waals surface area contributed by atoms with Gasteiger partial charge in [-0.1, -0.05) is 24.3 Å². The van der Waals surface area contributed by atoms with Crippen molar-refractivity contribution in [2.45, 2.75) is 19.4 Å². The van der Waals surface area contributed by atoms with Gasteiger partial charge >= 0.3 is 5.97 Å². The lowest BCUT2D eigenvalue weighted by Crippen LogP contribution is -2.30. The molecular weight excluding hydrogens is 486 g/mol. The molecule has 0 aliphatic heterocycles. The van der Waals surface area contributed by atoms with Crippen LogP contribution in [0.5, 0.6) is 5.75 Å². The van der Waals surface area contributed by atoms with Crippen LogP contribution in [-0.4, -0.2) is 29.4 Å². The molecule has 2 amide bonds. The summed E-state index contributed by atoms with van der Waals surface area (Å²) in [6.45, 7) is -0.509. The Bertz CT molecular complexity index is 1480. The van der Waals surface area contributed by atoms with E-state index in [9.17, 15) is 23.2 Å². The van der Waals surface area contributed by atoms with Crippen LogP contribution in [-0.2, 0) is 22.6 Å². The maximum absolute atomic E-state index is 14.1. The third-order valence-corrected chi connectivity index (χ3v) is 5.73. The predicted molar refractivity (Wildman–Crippen MR) is 130 cm³/mol. The van der Waals surface area contributed by atoms with E-state index in [0.29, 0.717) is 28.0 Å². The van der Waals surface area contributed by atoms with Gasteiger partial charge < -0.3 is 25.3 Å². The molecule has 4 rings (SSSR count). The van der Waals surface area contributed by atoms with Crippen LogP contribution < -0.4 is 15.8 Å². The smallest absolute Gasteiger partial charge is 0.322 e. The summed E-state index contributed by atoms with van der Waals surface area (Å²) in [5.41, 5.74) is 7.85. The number of aliphatic carboxylic acids is 1. The van der Waals surface area contributed by atoms with Crippen LogP contribution in [0, 0.1) is 11.6 Å². The van der Waals surface area contributed by atoms with E-state index in [1.807, 2.05) is 0 Å². The van der Waals surface area contributed by atoms with Gasteiger partial charge in [0.2, 0.25) is 5.91 Å². The van der Waals surface area contributed by atoms with E-state index in [0.717, 1.165) is 6.07 Å². The molecule has 8 nitrogen and oxygen atoms in total. The molecule has 0 radical (unpaired) electrons. The molecule has 4 N–H and O–H groups in total. The largest absolute Gasteiger partial charge is 0.489 e. The van der Waals surface area contributed by atoms with E-state index < -0.39 is 36.0 Å². The molecule has 0 saturated heterocycles. The second kappa shape index (κ2) is 10.9. The van der Waals surface area contributed by atoms with E-state index >= 15 is 0 Å². The summed E-state index contributed by atoms with van der Waals surface area (Å²) in [5, 5.41) is 11.2. The molecule has 1 aromatic heterocycles. The van der Waals surface area contributed by atoms with Crippen LogP contribution in [0.4, 0.5) is 8.78 Å². The van der Waals surface area contributed by atoms with Crippen molar-refractivity contribution < 1.29 is 37.4 Å². The van der Waals surface area contributed by atoms with Crippen LogP contribution in [0.3, 0.4) is 0 Å². The van der Waals surface area contributed by atoms with Gasteiger partial charge in [0.05, 0.1) is 11.6 Å². The maximum atomic E-state index is 14.1. The Morgan fingerprint density at radius 1 is 1.05 bits per heavy atom. The van der Waals surface area contributed by atoms with Crippen molar-refractivity contribution in [3.8, 4) is 16.9 Å². The highest BCUT2D eigenvalue weighted by Gasteiger charge is 2.18. The highest BCUT2D eigenvalue weighted by atomic mass is 19.2. The van der Waals surface area contributed by atoms with Gasteiger partial charge in [0.1, 0.15) is 24.5 Å². The summed E-state index contributed by atoms with van der Waals surface area (Å²) >= 11 is 0. The molecule has 0 unspecified atom stereocenters. The minimum absolute atomic E-state index is 0.0135.